The Balaban J connectivity index is 1.64. The second kappa shape index (κ2) is 8.50. The zero-order valence-corrected chi connectivity index (χ0v) is 19.5. The van der Waals surface area contributed by atoms with E-state index >= 15 is 0 Å². The van der Waals surface area contributed by atoms with Crippen molar-refractivity contribution in [3.8, 4) is 5.69 Å². The number of pyridine rings is 1. The molecule has 3 aromatic heterocycles. The Morgan fingerprint density at radius 1 is 0.939 bits per heavy atom. The summed E-state index contributed by atoms with van der Waals surface area (Å²) in [5.74, 6) is 0.379. The molecule has 6 nitrogen and oxygen atoms in total. The van der Waals surface area contributed by atoms with Gasteiger partial charge in [-0.1, -0.05) is 53.7 Å². The number of benzene rings is 2. The van der Waals surface area contributed by atoms with E-state index in [0.29, 0.717) is 38.2 Å². The molecule has 0 amide bonds. The fraction of sp³-hybridized carbons (Fsp3) is 0.120. The molecule has 0 bridgehead atoms. The van der Waals surface area contributed by atoms with Crippen LogP contribution in [0.15, 0.2) is 81.6 Å². The molecule has 0 aliphatic carbocycles. The zero-order valence-electron chi connectivity index (χ0n) is 17.9. The first-order chi connectivity index (χ1) is 15.9. The number of halogens is 1. The van der Waals surface area contributed by atoms with Gasteiger partial charge in [0.05, 0.1) is 27.3 Å². The number of hydrogen-bond acceptors (Lipinski definition) is 5. The van der Waals surface area contributed by atoms with E-state index in [1.807, 2.05) is 50.2 Å². The van der Waals surface area contributed by atoms with Crippen LogP contribution < -0.4 is 11.1 Å². The van der Waals surface area contributed by atoms with Crippen LogP contribution in [-0.4, -0.2) is 18.9 Å². The Morgan fingerprint density at radius 3 is 2.48 bits per heavy atom. The summed E-state index contributed by atoms with van der Waals surface area (Å²) in [5, 5.41) is 1.57. The van der Waals surface area contributed by atoms with E-state index < -0.39 is 0 Å². The van der Waals surface area contributed by atoms with Gasteiger partial charge in [0.15, 0.2) is 5.16 Å². The van der Waals surface area contributed by atoms with Crippen LogP contribution in [0.5, 0.6) is 0 Å². The van der Waals surface area contributed by atoms with Crippen molar-refractivity contribution >= 4 is 39.9 Å². The van der Waals surface area contributed by atoms with Gasteiger partial charge < -0.3 is 0 Å². The van der Waals surface area contributed by atoms with Crippen LogP contribution in [0.3, 0.4) is 0 Å². The van der Waals surface area contributed by atoms with Gasteiger partial charge in [-0.3, -0.25) is 18.6 Å². The summed E-state index contributed by atoms with van der Waals surface area (Å²) in [4.78, 5) is 35.5. The van der Waals surface area contributed by atoms with Gasteiger partial charge in [0, 0.05) is 18.0 Å². The Bertz CT molecular complexity index is 1640. The minimum atomic E-state index is -0.211. The summed E-state index contributed by atoms with van der Waals surface area (Å²) in [5.41, 5.74) is 4.20. The highest BCUT2D eigenvalue weighted by molar-refractivity contribution is 7.98. The maximum absolute atomic E-state index is 13.6. The predicted molar refractivity (Wildman–Crippen MR) is 133 cm³/mol. The summed E-state index contributed by atoms with van der Waals surface area (Å²) in [6, 6.07) is 18.2. The van der Waals surface area contributed by atoms with Crippen molar-refractivity contribution in [2.24, 2.45) is 0 Å². The van der Waals surface area contributed by atoms with E-state index in [0.717, 1.165) is 16.8 Å². The van der Waals surface area contributed by atoms with Crippen molar-refractivity contribution in [3.05, 3.63) is 109 Å². The van der Waals surface area contributed by atoms with Crippen molar-refractivity contribution in [1.29, 1.82) is 0 Å². The lowest BCUT2D eigenvalue weighted by Gasteiger charge is -2.17. The van der Waals surface area contributed by atoms with Gasteiger partial charge in [0.25, 0.3) is 11.1 Å². The first-order valence-corrected chi connectivity index (χ1v) is 11.7. The summed E-state index contributed by atoms with van der Waals surface area (Å²) in [7, 11) is 0. The molecule has 0 saturated carbocycles. The molecule has 0 radical (unpaired) electrons. The van der Waals surface area contributed by atoms with E-state index in [1.165, 1.54) is 22.2 Å². The van der Waals surface area contributed by atoms with E-state index in [1.54, 1.807) is 29.0 Å². The van der Waals surface area contributed by atoms with Gasteiger partial charge in [-0.05, 0) is 49.2 Å². The fourth-order valence-electron chi connectivity index (χ4n) is 3.90. The Morgan fingerprint density at radius 2 is 1.70 bits per heavy atom. The number of aryl methyl sites for hydroxylation is 2. The van der Waals surface area contributed by atoms with Crippen LogP contribution in [0.25, 0.3) is 22.2 Å². The molecular weight excluding hydrogens is 456 g/mol. The van der Waals surface area contributed by atoms with Crippen molar-refractivity contribution < 1.29 is 0 Å². The van der Waals surface area contributed by atoms with Crippen LogP contribution >= 0.6 is 23.4 Å². The molecule has 3 heterocycles. The maximum atomic E-state index is 13.6. The highest BCUT2D eigenvalue weighted by Crippen LogP contribution is 2.27. The molecule has 2 aromatic carbocycles. The molecule has 0 N–H and O–H groups in total. The van der Waals surface area contributed by atoms with Crippen molar-refractivity contribution in [3.63, 3.8) is 0 Å². The lowest BCUT2D eigenvalue weighted by Crippen LogP contribution is -2.23. The van der Waals surface area contributed by atoms with E-state index in [9.17, 15) is 9.59 Å². The molecule has 0 atom stereocenters. The molecule has 0 aliphatic heterocycles. The first-order valence-electron chi connectivity index (χ1n) is 10.3. The number of nitrogens with zero attached hydrogens (tertiary/aromatic N) is 4. The predicted octanol–water partition coefficient (Wildman–Crippen LogP) is 4.96. The van der Waals surface area contributed by atoms with Gasteiger partial charge in [-0.25, -0.2) is 9.97 Å². The fourth-order valence-corrected chi connectivity index (χ4v) is 4.95. The second-order valence-electron chi connectivity index (χ2n) is 7.74. The third kappa shape index (κ3) is 3.94. The maximum Gasteiger partial charge on any atom is 0.266 e. The monoisotopic (exact) mass is 474 g/mol. The van der Waals surface area contributed by atoms with E-state index in [4.69, 9.17) is 16.6 Å². The van der Waals surface area contributed by atoms with E-state index in [-0.39, 0.29) is 11.1 Å². The Labute approximate surface area is 198 Å². The molecule has 164 valence electrons. The lowest BCUT2D eigenvalue weighted by molar-refractivity contribution is 0.808. The van der Waals surface area contributed by atoms with Gasteiger partial charge in [0.1, 0.15) is 5.65 Å². The minimum absolute atomic E-state index is 0.123. The molecule has 8 heteroatoms. The summed E-state index contributed by atoms with van der Waals surface area (Å²) in [6.07, 6.45) is 1.55. The normalized spacial score (nSPS) is 11.4. The highest BCUT2D eigenvalue weighted by atomic mass is 35.5. The molecule has 0 unspecified atom stereocenters. The van der Waals surface area contributed by atoms with Crippen LogP contribution in [0.1, 0.15) is 16.8 Å². The summed E-state index contributed by atoms with van der Waals surface area (Å²) < 4.78 is 3.09. The first kappa shape index (κ1) is 21.4. The van der Waals surface area contributed by atoms with Gasteiger partial charge in [0.2, 0.25) is 0 Å². The topological polar surface area (TPSA) is 69.3 Å². The quantitative estimate of drug-likeness (QED) is 0.272. The lowest BCUT2D eigenvalue weighted by atomic mass is 10.1. The Kier molecular flexibility index (Phi) is 5.52. The molecule has 33 heavy (non-hydrogen) atoms. The average Bonchev–Trinajstić information content (AvgIpc) is 2.79. The SMILES string of the molecule is Cc1cccc(C)c1-n1c(SCc2cc(=O)n3cc(Cl)ccc3n2)nc2ccccc2c1=O. The smallest absolute Gasteiger partial charge is 0.266 e. The summed E-state index contributed by atoms with van der Waals surface area (Å²) >= 11 is 7.38. The number of rotatable bonds is 4. The second-order valence-corrected chi connectivity index (χ2v) is 9.12. The number of hydrogen-bond donors (Lipinski definition) is 0. The van der Waals surface area contributed by atoms with Crippen LogP contribution in [-0.2, 0) is 5.75 Å². The number of thioether (sulfide) groups is 1. The minimum Gasteiger partial charge on any atom is -0.269 e. The Hall–Kier alpha value is -3.42. The number of fused-ring (bicyclic) bond motifs is 2. The van der Waals surface area contributed by atoms with Crippen molar-refractivity contribution in [2.75, 3.05) is 0 Å². The average molecular weight is 475 g/mol. The molecule has 0 spiro atoms. The molecular formula is C25H19ClN4O2S. The van der Waals surface area contributed by atoms with Crippen LogP contribution in [0.4, 0.5) is 0 Å². The van der Waals surface area contributed by atoms with Crippen molar-refractivity contribution in [1.82, 2.24) is 18.9 Å². The van der Waals surface area contributed by atoms with Gasteiger partial charge in [-0.15, -0.1) is 0 Å². The third-order valence-electron chi connectivity index (χ3n) is 5.43. The molecule has 0 saturated heterocycles. The summed E-state index contributed by atoms with van der Waals surface area (Å²) in [6.45, 7) is 3.96. The molecule has 5 aromatic rings. The standard InChI is InChI=1S/C25H19ClN4O2S/c1-15-6-5-7-16(2)23(15)30-24(32)19-8-3-4-9-20(19)28-25(30)33-14-18-12-22(31)29-13-17(26)10-11-21(29)27-18/h3-13H,14H2,1-2H3. The largest absolute Gasteiger partial charge is 0.269 e. The van der Waals surface area contributed by atoms with Gasteiger partial charge in [-0.2, -0.15) is 0 Å². The molecule has 0 fully saturated rings. The van der Waals surface area contributed by atoms with Crippen LogP contribution in [0.2, 0.25) is 5.02 Å². The van der Waals surface area contributed by atoms with Gasteiger partial charge >= 0.3 is 0 Å². The number of para-hydroxylation sites is 2. The van der Waals surface area contributed by atoms with Crippen molar-refractivity contribution in [2.45, 2.75) is 24.8 Å². The zero-order chi connectivity index (χ0) is 23.1. The molecule has 0 aliphatic rings. The number of aromatic nitrogens is 4. The third-order valence-corrected chi connectivity index (χ3v) is 6.63. The van der Waals surface area contributed by atoms with Crippen LogP contribution in [0, 0.1) is 13.8 Å². The highest BCUT2D eigenvalue weighted by Gasteiger charge is 2.17. The molecule has 5 rings (SSSR count). The van der Waals surface area contributed by atoms with E-state index in [2.05, 4.69) is 4.98 Å².